The van der Waals surface area contributed by atoms with Gasteiger partial charge in [0.25, 0.3) is 0 Å². The van der Waals surface area contributed by atoms with Gasteiger partial charge < -0.3 is 9.68 Å². The van der Waals surface area contributed by atoms with Gasteiger partial charge in [-0.05, 0) is 42.7 Å². The normalized spacial score (nSPS) is 16.1. The maximum Gasteiger partial charge on any atom is 0.493 e. The molecule has 0 unspecified atom stereocenters. The zero-order valence-corrected chi connectivity index (χ0v) is 15.7. The molecule has 0 aromatic heterocycles. The van der Waals surface area contributed by atoms with Crippen LogP contribution in [0.5, 0.6) is 0 Å². The molecule has 1 N–H and O–H groups in total. The van der Waals surface area contributed by atoms with Crippen molar-refractivity contribution >= 4 is 12.6 Å². The first-order valence-corrected chi connectivity index (χ1v) is 9.16. The molecular formula is C22H20BF3O2. The Morgan fingerprint density at radius 3 is 2.11 bits per heavy atom. The Morgan fingerprint density at radius 1 is 0.964 bits per heavy atom. The molecular weight excluding hydrogens is 364 g/mol. The second-order valence-corrected chi connectivity index (χ2v) is 6.65. The van der Waals surface area contributed by atoms with E-state index < -0.39 is 24.5 Å². The van der Waals surface area contributed by atoms with Crippen LogP contribution in [0.1, 0.15) is 43.4 Å². The van der Waals surface area contributed by atoms with Crippen molar-refractivity contribution in [2.45, 2.75) is 38.5 Å². The van der Waals surface area contributed by atoms with Gasteiger partial charge in [-0.1, -0.05) is 56.0 Å². The zero-order chi connectivity index (χ0) is 20.4. The highest BCUT2D eigenvalue weighted by Gasteiger charge is 2.47. The summed E-state index contributed by atoms with van der Waals surface area (Å²) in [4.78, 5) is 0. The predicted molar refractivity (Wildman–Crippen MR) is 104 cm³/mol. The van der Waals surface area contributed by atoms with Gasteiger partial charge in [0.05, 0.1) is 11.2 Å². The Labute approximate surface area is 163 Å². The van der Waals surface area contributed by atoms with Gasteiger partial charge in [0.1, 0.15) is 0 Å². The maximum absolute atomic E-state index is 12.9. The van der Waals surface area contributed by atoms with E-state index in [4.69, 9.17) is 4.65 Å². The van der Waals surface area contributed by atoms with Gasteiger partial charge in [-0.25, -0.2) is 0 Å². The van der Waals surface area contributed by atoms with Crippen LogP contribution in [-0.2, 0) is 10.8 Å². The van der Waals surface area contributed by atoms with Crippen molar-refractivity contribution in [2.75, 3.05) is 0 Å². The van der Waals surface area contributed by atoms with E-state index in [1.54, 1.807) is 0 Å². The first-order valence-electron chi connectivity index (χ1n) is 9.16. The van der Waals surface area contributed by atoms with Crippen LogP contribution in [-0.4, -0.2) is 17.7 Å². The molecule has 144 valence electrons. The Hall–Kier alpha value is -2.49. The fourth-order valence-electron chi connectivity index (χ4n) is 3.43. The summed E-state index contributed by atoms with van der Waals surface area (Å²) in [5, 5.41) is 10.6. The van der Waals surface area contributed by atoms with Crippen LogP contribution in [0, 0.1) is 11.8 Å². The van der Waals surface area contributed by atoms with E-state index >= 15 is 0 Å². The van der Waals surface area contributed by atoms with Gasteiger partial charge in [0.15, 0.2) is 0 Å². The molecule has 6 heteroatoms. The molecule has 0 bridgehead atoms. The minimum atomic E-state index is -4.41. The molecule has 1 aliphatic rings. The smallest absolute Gasteiger partial charge is 0.423 e. The van der Waals surface area contributed by atoms with Crippen LogP contribution in [0.2, 0.25) is 0 Å². The number of rotatable bonds is 3. The lowest BCUT2D eigenvalue weighted by atomic mass is 9.72. The van der Waals surface area contributed by atoms with E-state index in [1.807, 2.05) is 44.2 Å². The third kappa shape index (κ3) is 3.87. The fraction of sp³-hybridized carbons (Fsp3) is 0.273. The van der Waals surface area contributed by atoms with Crippen molar-refractivity contribution in [1.29, 1.82) is 0 Å². The second-order valence-electron chi connectivity index (χ2n) is 6.65. The van der Waals surface area contributed by atoms with Crippen LogP contribution < -0.4 is 0 Å². The van der Waals surface area contributed by atoms with Gasteiger partial charge in [0.2, 0.25) is 0 Å². The largest absolute Gasteiger partial charge is 0.493 e. The molecule has 0 saturated carbocycles. The molecule has 0 saturated heterocycles. The number of hydrogen-bond donors (Lipinski definition) is 1. The van der Waals surface area contributed by atoms with Gasteiger partial charge >= 0.3 is 13.3 Å². The van der Waals surface area contributed by atoms with Gasteiger partial charge in [-0.3, -0.25) is 0 Å². The van der Waals surface area contributed by atoms with E-state index in [2.05, 4.69) is 11.8 Å². The minimum Gasteiger partial charge on any atom is -0.423 e. The summed E-state index contributed by atoms with van der Waals surface area (Å²) in [7, 11) is -1.24. The van der Waals surface area contributed by atoms with E-state index in [1.165, 1.54) is 12.1 Å². The van der Waals surface area contributed by atoms with Crippen molar-refractivity contribution in [3.05, 3.63) is 76.9 Å². The van der Waals surface area contributed by atoms with Crippen molar-refractivity contribution in [3.63, 3.8) is 0 Å². The Kier molecular flexibility index (Phi) is 5.69. The Morgan fingerprint density at radius 2 is 1.57 bits per heavy atom. The average Bonchev–Trinajstić information content (AvgIpc) is 2.98. The first-order chi connectivity index (χ1) is 13.3. The molecule has 0 aliphatic carbocycles. The number of benzene rings is 2. The molecule has 0 amide bonds. The molecule has 2 aromatic rings. The van der Waals surface area contributed by atoms with E-state index in [0.29, 0.717) is 29.5 Å². The topological polar surface area (TPSA) is 29.5 Å². The molecule has 0 radical (unpaired) electrons. The summed E-state index contributed by atoms with van der Waals surface area (Å²) in [6.45, 7) is 3.88. The highest BCUT2D eigenvalue weighted by Crippen LogP contribution is 2.43. The van der Waals surface area contributed by atoms with Gasteiger partial charge in [-0.15, -0.1) is 0 Å². The third-order valence-electron chi connectivity index (χ3n) is 5.08. The number of hydrogen-bond acceptors (Lipinski definition) is 2. The van der Waals surface area contributed by atoms with Gasteiger partial charge in [-0.2, -0.15) is 13.2 Å². The fourth-order valence-corrected chi connectivity index (χ4v) is 3.43. The van der Waals surface area contributed by atoms with Crippen molar-refractivity contribution < 1.29 is 22.8 Å². The van der Waals surface area contributed by atoms with Crippen LogP contribution in [0.3, 0.4) is 0 Å². The lowest BCUT2D eigenvalue weighted by Crippen LogP contribution is -2.32. The lowest BCUT2D eigenvalue weighted by molar-refractivity contribution is -0.137. The molecule has 0 atom stereocenters. The monoisotopic (exact) mass is 384 g/mol. The first kappa shape index (κ1) is 20.3. The lowest BCUT2D eigenvalue weighted by Gasteiger charge is -2.28. The minimum absolute atomic E-state index is 0.431. The predicted octanol–water partition coefficient (Wildman–Crippen LogP) is 5.12. The van der Waals surface area contributed by atoms with Crippen LogP contribution in [0.15, 0.2) is 60.2 Å². The molecule has 0 spiro atoms. The molecule has 28 heavy (non-hydrogen) atoms. The highest BCUT2D eigenvalue weighted by molar-refractivity contribution is 6.69. The quantitative estimate of drug-likeness (QED) is 0.588. The van der Waals surface area contributed by atoms with Crippen molar-refractivity contribution in [2.24, 2.45) is 0 Å². The van der Waals surface area contributed by atoms with Crippen molar-refractivity contribution in [3.8, 4) is 11.8 Å². The number of alkyl halides is 3. The second kappa shape index (κ2) is 7.87. The van der Waals surface area contributed by atoms with Crippen LogP contribution in [0.4, 0.5) is 13.2 Å². The van der Waals surface area contributed by atoms with Crippen molar-refractivity contribution in [1.82, 2.24) is 0 Å². The summed E-state index contributed by atoms with van der Waals surface area (Å²) in [6, 6.07) is 14.1. The highest BCUT2D eigenvalue weighted by atomic mass is 19.4. The standard InChI is InChI=1S/C22H20BF3O2/c1-3-21(4-2)19(15-10-16-8-6-5-7-9-16)20(23(27)28-21)17-11-13-18(14-12-17)22(24,25)26/h5-9,11-14,27H,3-4H2,1-2H3. The molecule has 2 nitrogen and oxygen atoms in total. The number of halogens is 3. The summed E-state index contributed by atoms with van der Waals surface area (Å²) < 4.78 is 44.5. The molecule has 0 fully saturated rings. The summed E-state index contributed by atoms with van der Waals surface area (Å²) in [5.41, 5.74) is 0.832. The summed E-state index contributed by atoms with van der Waals surface area (Å²) in [6.07, 6.45) is -3.24. The van der Waals surface area contributed by atoms with E-state index in [9.17, 15) is 18.2 Å². The zero-order valence-electron chi connectivity index (χ0n) is 15.7. The van der Waals surface area contributed by atoms with Gasteiger partial charge in [0, 0.05) is 16.6 Å². The Bertz CT molecular complexity index is 918. The average molecular weight is 384 g/mol. The molecule has 2 aromatic carbocycles. The molecule has 1 heterocycles. The summed E-state index contributed by atoms with van der Waals surface area (Å²) >= 11 is 0. The molecule has 1 aliphatic heterocycles. The van der Waals surface area contributed by atoms with Crippen LogP contribution >= 0.6 is 0 Å². The molecule has 3 rings (SSSR count). The maximum atomic E-state index is 12.9. The Balaban J connectivity index is 2.13. The van der Waals surface area contributed by atoms with Crippen LogP contribution in [0.25, 0.3) is 5.47 Å². The summed E-state index contributed by atoms with van der Waals surface area (Å²) in [5.74, 6) is 6.22. The van der Waals surface area contributed by atoms with E-state index in [-0.39, 0.29) is 0 Å². The van der Waals surface area contributed by atoms with E-state index in [0.717, 1.165) is 17.7 Å². The third-order valence-corrected chi connectivity index (χ3v) is 5.08. The SMILES string of the molecule is CCC1(CC)OB(O)C(c2ccc(C(F)(F)F)cc2)=C1C#Cc1ccccc1.